The SMILES string of the molecule is NC1CCCCC1.NC1CCCCC1.[O]=[Cr](=[O])([OH])[OH]. The second-order valence-electron chi connectivity index (χ2n) is 5.24. The van der Waals surface area contributed by atoms with E-state index < -0.39 is 13.6 Å². The van der Waals surface area contributed by atoms with Crippen molar-refractivity contribution in [3.8, 4) is 0 Å². The van der Waals surface area contributed by atoms with Crippen LogP contribution < -0.4 is 11.5 Å². The molecule has 6 N–H and O–H groups in total. The third-order valence-electron chi connectivity index (χ3n) is 3.30. The van der Waals surface area contributed by atoms with Gasteiger partial charge in [-0.1, -0.05) is 38.5 Å². The van der Waals surface area contributed by atoms with Gasteiger partial charge in [-0.3, -0.25) is 0 Å². The summed E-state index contributed by atoms with van der Waals surface area (Å²) in [4.78, 5) is 0. The molecule has 0 atom stereocenters. The van der Waals surface area contributed by atoms with Crippen molar-refractivity contribution in [2.45, 2.75) is 76.3 Å². The predicted octanol–water partition coefficient (Wildman–Crippen LogP) is 1.20. The monoisotopic (exact) mass is 316 g/mol. The van der Waals surface area contributed by atoms with Gasteiger partial charge in [0.05, 0.1) is 0 Å². The van der Waals surface area contributed by atoms with Crippen LogP contribution in [-0.4, -0.2) is 20.4 Å². The molecule has 6 nitrogen and oxygen atoms in total. The molecule has 7 heteroatoms. The van der Waals surface area contributed by atoms with Crippen molar-refractivity contribution in [1.82, 2.24) is 0 Å². The van der Waals surface area contributed by atoms with E-state index in [9.17, 15) is 0 Å². The number of hydrogen-bond donors (Lipinski definition) is 4. The Labute approximate surface area is 117 Å². The second kappa shape index (κ2) is 10.7. The van der Waals surface area contributed by atoms with E-state index in [1.54, 1.807) is 0 Å². The molecule has 0 radical (unpaired) electrons. The van der Waals surface area contributed by atoms with Crippen molar-refractivity contribution in [2.75, 3.05) is 0 Å². The van der Waals surface area contributed by atoms with Crippen molar-refractivity contribution in [3.05, 3.63) is 0 Å². The molecule has 0 aromatic carbocycles. The van der Waals surface area contributed by atoms with E-state index in [-0.39, 0.29) is 0 Å². The van der Waals surface area contributed by atoms with Gasteiger partial charge in [0.25, 0.3) is 0 Å². The summed E-state index contributed by atoms with van der Waals surface area (Å²) in [6, 6.07) is 1.07. The summed E-state index contributed by atoms with van der Waals surface area (Å²) in [5.41, 5.74) is 11.3. The zero-order chi connectivity index (χ0) is 14.7. The Hall–Kier alpha value is -0.0275. The Balaban J connectivity index is 0.000000261. The van der Waals surface area contributed by atoms with Gasteiger partial charge < -0.3 is 11.5 Å². The molecule has 2 saturated carbocycles. The molecule has 0 amide bonds. The summed E-state index contributed by atoms with van der Waals surface area (Å²) in [5.74, 6) is 0. The molecule has 19 heavy (non-hydrogen) atoms. The molecular weight excluding hydrogens is 288 g/mol. The topological polar surface area (TPSA) is 127 Å². The van der Waals surface area contributed by atoms with E-state index in [2.05, 4.69) is 0 Å². The van der Waals surface area contributed by atoms with Gasteiger partial charge in [0.1, 0.15) is 0 Å². The molecule has 0 heterocycles. The van der Waals surface area contributed by atoms with Crippen LogP contribution in [0, 0.1) is 0 Å². The summed E-state index contributed by atoms with van der Waals surface area (Å²) >= 11 is -5.25. The van der Waals surface area contributed by atoms with Crippen LogP contribution in [0.2, 0.25) is 0 Å². The fourth-order valence-corrected chi connectivity index (χ4v) is 2.27. The molecule has 0 aromatic heterocycles. The zero-order valence-corrected chi connectivity index (χ0v) is 12.8. The third kappa shape index (κ3) is 18.0. The van der Waals surface area contributed by atoms with Gasteiger partial charge in [-0.05, 0) is 25.7 Å². The van der Waals surface area contributed by atoms with Gasteiger partial charge in [0.2, 0.25) is 0 Å². The number of nitrogens with two attached hydrogens (primary N) is 2. The summed E-state index contributed by atoms with van der Waals surface area (Å²) < 4.78 is 31.9. The molecule has 2 aliphatic rings. The van der Waals surface area contributed by atoms with Crippen LogP contribution >= 0.6 is 0 Å². The third-order valence-corrected chi connectivity index (χ3v) is 3.30. The first-order valence-corrected chi connectivity index (χ1v) is 9.18. The Morgan fingerprint density at radius 2 is 0.895 bits per heavy atom. The molecule has 0 spiro atoms. The van der Waals surface area contributed by atoms with Crippen molar-refractivity contribution in [3.63, 3.8) is 0 Å². The maximum absolute atomic E-state index is 8.82. The van der Waals surface area contributed by atoms with Crippen molar-refractivity contribution in [2.24, 2.45) is 11.5 Å². The van der Waals surface area contributed by atoms with Crippen LogP contribution in [0.15, 0.2) is 0 Å². The van der Waals surface area contributed by atoms with E-state index in [1.165, 1.54) is 64.2 Å². The summed E-state index contributed by atoms with van der Waals surface area (Å²) in [6.07, 6.45) is 13.3. The Morgan fingerprint density at radius 1 is 0.684 bits per heavy atom. The van der Waals surface area contributed by atoms with Crippen LogP contribution in [-0.2, 0) is 21.2 Å². The van der Waals surface area contributed by atoms with Crippen molar-refractivity contribution >= 4 is 0 Å². The zero-order valence-electron chi connectivity index (χ0n) is 11.5. The maximum atomic E-state index is 8.82. The van der Waals surface area contributed by atoms with Crippen LogP contribution in [0.3, 0.4) is 0 Å². The van der Waals surface area contributed by atoms with Crippen LogP contribution in [0.25, 0.3) is 0 Å². The predicted molar refractivity (Wildman–Crippen MR) is 67.9 cm³/mol. The fourth-order valence-electron chi connectivity index (χ4n) is 2.27. The van der Waals surface area contributed by atoms with Crippen molar-refractivity contribution in [1.29, 1.82) is 0 Å². The first-order chi connectivity index (χ1) is 8.79. The normalized spacial score (nSPS) is 21.7. The van der Waals surface area contributed by atoms with Crippen LogP contribution in [0.4, 0.5) is 0 Å². The first-order valence-electron chi connectivity index (χ1n) is 7.00. The number of hydrogen-bond acceptors (Lipinski definition) is 4. The molecule has 0 unspecified atom stereocenters. The van der Waals surface area contributed by atoms with E-state index in [1.807, 2.05) is 0 Å². The van der Waals surface area contributed by atoms with Gasteiger partial charge in [0, 0.05) is 12.1 Å². The van der Waals surface area contributed by atoms with Gasteiger partial charge in [0.15, 0.2) is 0 Å². The Morgan fingerprint density at radius 3 is 1.00 bits per heavy atom. The molecule has 0 bridgehead atoms. The Bertz CT molecular complexity index is 273. The summed E-state index contributed by atoms with van der Waals surface area (Å²) in [5, 5.41) is 0. The summed E-state index contributed by atoms with van der Waals surface area (Å²) in [7, 11) is 0. The fraction of sp³-hybridized carbons (Fsp3) is 1.00. The molecule has 116 valence electrons. The minimum atomic E-state index is -5.25. The van der Waals surface area contributed by atoms with Gasteiger partial charge >= 0.3 is 29.5 Å². The average molecular weight is 316 g/mol. The average Bonchev–Trinajstić information content (AvgIpc) is 2.29. The van der Waals surface area contributed by atoms with E-state index in [4.69, 9.17) is 27.4 Å². The quantitative estimate of drug-likeness (QED) is 0.532. The molecule has 2 fully saturated rings. The second-order valence-corrected chi connectivity index (χ2v) is 6.64. The van der Waals surface area contributed by atoms with Crippen LogP contribution in [0.5, 0.6) is 0 Å². The number of rotatable bonds is 0. The van der Waals surface area contributed by atoms with E-state index >= 15 is 0 Å². The van der Waals surface area contributed by atoms with Gasteiger partial charge in [-0.15, -0.1) is 0 Å². The van der Waals surface area contributed by atoms with Crippen molar-refractivity contribution < 1.29 is 29.5 Å². The van der Waals surface area contributed by atoms with E-state index in [0.29, 0.717) is 12.1 Å². The Kier molecular flexibility index (Phi) is 10.7. The molecule has 0 aromatic rings. The first kappa shape index (κ1) is 19.0. The molecule has 0 saturated heterocycles. The summed E-state index contributed by atoms with van der Waals surface area (Å²) in [6.45, 7) is 0. The molecule has 0 aliphatic heterocycles. The molecule has 2 rings (SSSR count). The molecule has 2 aliphatic carbocycles. The van der Waals surface area contributed by atoms with Gasteiger partial charge in [-0.25, -0.2) is 0 Å². The van der Waals surface area contributed by atoms with Crippen LogP contribution in [0.1, 0.15) is 64.2 Å². The van der Waals surface area contributed by atoms with E-state index in [0.717, 1.165) is 0 Å². The molecular formula is C12H28CrN2O4. The minimum absolute atomic E-state index is 0.536. The van der Waals surface area contributed by atoms with Gasteiger partial charge in [-0.2, -0.15) is 0 Å². The standard InChI is InChI=1S/2C6H13N.Cr.2H2O.2O/c2*7-6-4-2-1-3-5-6;;;;;/h2*6H,1-5,7H2;;2*1H2;;/q;;+2;;;;/p-2.